The summed E-state index contributed by atoms with van der Waals surface area (Å²) in [5.74, 6) is 0.00732. The second kappa shape index (κ2) is 4.97. The predicted molar refractivity (Wildman–Crippen MR) is 81.7 cm³/mol. The minimum Gasteiger partial charge on any atom is -0.509 e. The lowest BCUT2D eigenvalue weighted by Gasteiger charge is -2.23. The zero-order valence-corrected chi connectivity index (χ0v) is 12.9. The summed E-state index contributed by atoms with van der Waals surface area (Å²) in [7, 11) is 0. The topological polar surface area (TPSA) is 49.3 Å². The first-order valence-corrected chi connectivity index (χ1v) is 7.14. The van der Waals surface area contributed by atoms with Gasteiger partial charge in [0.05, 0.1) is 11.1 Å². The second-order valence-electron chi connectivity index (χ2n) is 6.03. The fourth-order valence-electron chi connectivity index (χ4n) is 3.24. The summed E-state index contributed by atoms with van der Waals surface area (Å²) in [5.41, 5.74) is 3.89. The highest BCUT2D eigenvalue weighted by molar-refractivity contribution is 6.23. The summed E-state index contributed by atoms with van der Waals surface area (Å²) in [6.07, 6.45) is 1.64. The molecule has 0 aliphatic carbocycles. The summed E-state index contributed by atoms with van der Waals surface area (Å²) < 4.78 is 0. The lowest BCUT2D eigenvalue weighted by molar-refractivity contribution is -0.116. The summed E-state index contributed by atoms with van der Waals surface area (Å²) in [5, 5.41) is 13.5. The van der Waals surface area contributed by atoms with Crippen LogP contribution in [0.25, 0.3) is 5.57 Å². The molecule has 1 aliphatic rings. The van der Waals surface area contributed by atoms with E-state index in [9.17, 15) is 9.90 Å². The number of hydrogen-bond donors (Lipinski definition) is 2. The van der Waals surface area contributed by atoms with Crippen LogP contribution in [-0.4, -0.2) is 16.6 Å². The van der Waals surface area contributed by atoms with Crippen molar-refractivity contribution in [2.75, 3.05) is 0 Å². The summed E-state index contributed by atoms with van der Waals surface area (Å²) in [4.78, 5) is 12.3. The Bertz CT molecular complexity index is 578. The molecule has 2 rings (SSSR count). The third kappa shape index (κ3) is 2.21. The molecule has 0 aromatic heterocycles. The zero-order valence-electron chi connectivity index (χ0n) is 12.9. The van der Waals surface area contributed by atoms with Crippen molar-refractivity contribution in [3.8, 4) is 0 Å². The average molecular weight is 273 g/mol. The van der Waals surface area contributed by atoms with E-state index in [1.165, 1.54) is 5.56 Å². The van der Waals surface area contributed by atoms with Crippen LogP contribution < -0.4 is 5.32 Å². The molecule has 1 aromatic rings. The molecule has 1 heterocycles. The maximum absolute atomic E-state index is 12.3. The third-order valence-electron chi connectivity index (χ3n) is 4.05. The third-order valence-corrected chi connectivity index (χ3v) is 4.05. The molecule has 2 N–H and O–H groups in total. The summed E-state index contributed by atoms with van der Waals surface area (Å²) in [6.45, 7) is 9.94. The van der Waals surface area contributed by atoms with Crippen LogP contribution in [0.15, 0.2) is 17.9 Å². The van der Waals surface area contributed by atoms with Gasteiger partial charge in [-0.2, -0.15) is 0 Å². The van der Waals surface area contributed by atoms with Crippen molar-refractivity contribution in [1.29, 1.82) is 0 Å². The Labute approximate surface area is 120 Å². The Balaban J connectivity index is 2.63. The molecule has 1 amide bonds. The molecule has 1 aromatic carbocycles. The van der Waals surface area contributed by atoms with Gasteiger partial charge in [-0.3, -0.25) is 4.79 Å². The van der Waals surface area contributed by atoms with Gasteiger partial charge in [0.1, 0.15) is 5.76 Å². The first-order valence-electron chi connectivity index (χ1n) is 7.14. The van der Waals surface area contributed by atoms with Crippen LogP contribution in [0.5, 0.6) is 0 Å². The molecule has 0 radical (unpaired) electrons. The number of nitrogens with one attached hydrogen (secondary N) is 1. The van der Waals surface area contributed by atoms with Gasteiger partial charge in [-0.15, -0.1) is 0 Å². The number of benzene rings is 1. The molecule has 1 unspecified atom stereocenters. The van der Waals surface area contributed by atoms with Crippen LogP contribution in [0.4, 0.5) is 0 Å². The Hall–Kier alpha value is -1.77. The van der Waals surface area contributed by atoms with Gasteiger partial charge in [0.2, 0.25) is 0 Å². The van der Waals surface area contributed by atoms with Crippen molar-refractivity contribution in [2.45, 2.75) is 53.0 Å². The molecule has 0 bridgehead atoms. The van der Waals surface area contributed by atoms with Crippen molar-refractivity contribution in [1.82, 2.24) is 5.32 Å². The van der Waals surface area contributed by atoms with Gasteiger partial charge in [0.25, 0.3) is 5.91 Å². The molecule has 3 nitrogen and oxygen atoms in total. The Morgan fingerprint density at radius 3 is 2.25 bits per heavy atom. The molecule has 20 heavy (non-hydrogen) atoms. The lowest BCUT2D eigenvalue weighted by atomic mass is 9.89. The fourth-order valence-corrected chi connectivity index (χ4v) is 3.24. The van der Waals surface area contributed by atoms with Gasteiger partial charge in [0.15, 0.2) is 0 Å². The van der Waals surface area contributed by atoms with Gasteiger partial charge in [-0.25, -0.2) is 0 Å². The van der Waals surface area contributed by atoms with E-state index in [0.717, 1.165) is 29.5 Å². The van der Waals surface area contributed by atoms with Crippen molar-refractivity contribution in [3.63, 3.8) is 0 Å². The molecular formula is C17H23NO2. The smallest absolute Gasteiger partial charge is 0.256 e. The monoisotopic (exact) mass is 273 g/mol. The molecule has 0 saturated carbocycles. The number of carbonyl (C=O) groups is 1. The number of amides is 1. The van der Waals surface area contributed by atoms with E-state index in [-0.39, 0.29) is 11.7 Å². The zero-order chi connectivity index (χ0) is 15.1. The molecule has 0 fully saturated rings. The van der Waals surface area contributed by atoms with Gasteiger partial charge >= 0.3 is 0 Å². The van der Waals surface area contributed by atoms with Crippen LogP contribution in [-0.2, 0) is 4.79 Å². The van der Waals surface area contributed by atoms with E-state index in [1.807, 2.05) is 46.8 Å². The normalized spacial score (nSPS) is 22.4. The van der Waals surface area contributed by atoms with Crippen molar-refractivity contribution < 1.29 is 9.90 Å². The number of aliphatic hydroxyl groups excluding tert-OH is 1. The van der Waals surface area contributed by atoms with Crippen molar-refractivity contribution in [3.05, 3.63) is 40.1 Å². The van der Waals surface area contributed by atoms with Crippen LogP contribution in [0.3, 0.4) is 0 Å². The van der Waals surface area contributed by atoms with Gasteiger partial charge in [-0.1, -0.05) is 31.0 Å². The van der Waals surface area contributed by atoms with E-state index in [0.29, 0.717) is 5.57 Å². The van der Waals surface area contributed by atoms with Crippen molar-refractivity contribution >= 4 is 11.5 Å². The molecule has 3 heteroatoms. The lowest BCUT2D eigenvalue weighted by Crippen LogP contribution is -2.41. The molecular weight excluding hydrogens is 250 g/mol. The summed E-state index contributed by atoms with van der Waals surface area (Å²) >= 11 is 0. The van der Waals surface area contributed by atoms with Crippen LogP contribution >= 0.6 is 0 Å². The van der Waals surface area contributed by atoms with Crippen molar-refractivity contribution in [2.24, 2.45) is 0 Å². The van der Waals surface area contributed by atoms with Crippen LogP contribution in [0, 0.1) is 20.8 Å². The maximum atomic E-state index is 12.3. The predicted octanol–water partition coefficient (Wildman–Crippen LogP) is 3.57. The molecule has 108 valence electrons. The van der Waals surface area contributed by atoms with Gasteiger partial charge in [0, 0.05) is 0 Å². The van der Waals surface area contributed by atoms with Crippen LogP contribution in [0.2, 0.25) is 0 Å². The highest BCUT2D eigenvalue weighted by Gasteiger charge is 2.42. The minimum atomic E-state index is -0.634. The Kier molecular flexibility index (Phi) is 3.63. The fraction of sp³-hybridized carbons (Fsp3) is 0.471. The number of hydrogen-bond acceptors (Lipinski definition) is 2. The van der Waals surface area contributed by atoms with E-state index in [4.69, 9.17) is 0 Å². The largest absolute Gasteiger partial charge is 0.509 e. The number of aliphatic hydroxyl groups is 1. The Morgan fingerprint density at radius 1 is 1.20 bits per heavy atom. The second-order valence-corrected chi connectivity index (χ2v) is 6.03. The number of carbonyl (C=O) groups excluding carboxylic acids is 1. The highest BCUT2D eigenvalue weighted by Crippen LogP contribution is 2.37. The minimum absolute atomic E-state index is 0.173. The van der Waals surface area contributed by atoms with E-state index in [1.54, 1.807) is 0 Å². The van der Waals surface area contributed by atoms with E-state index in [2.05, 4.69) is 5.32 Å². The van der Waals surface area contributed by atoms with E-state index >= 15 is 0 Å². The molecule has 0 saturated heterocycles. The summed E-state index contributed by atoms with van der Waals surface area (Å²) in [6, 6.07) is 4.09. The molecule has 0 spiro atoms. The standard InChI is InChI=1S/C17H23NO2/c1-6-7-17(5)15(19)14(16(20)18-17)13-11(3)8-10(2)9-12(13)4/h8-9,19H,6-7H2,1-5H3,(H,18,20). The maximum Gasteiger partial charge on any atom is 0.256 e. The number of aryl methyl sites for hydroxylation is 3. The average Bonchev–Trinajstić information content (AvgIpc) is 2.52. The van der Waals surface area contributed by atoms with Crippen LogP contribution in [0.1, 0.15) is 48.9 Å². The number of rotatable bonds is 3. The first kappa shape index (κ1) is 14.6. The van der Waals surface area contributed by atoms with Gasteiger partial charge < -0.3 is 10.4 Å². The van der Waals surface area contributed by atoms with E-state index < -0.39 is 5.54 Å². The molecule has 1 atom stereocenters. The Morgan fingerprint density at radius 2 is 1.75 bits per heavy atom. The molecule has 1 aliphatic heterocycles. The first-order chi connectivity index (χ1) is 9.30. The highest BCUT2D eigenvalue weighted by atomic mass is 16.3. The van der Waals surface area contributed by atoms with Gasteiger partial charge in [-0.05, 0) is 50.8 Å². The SMILES string of the molecule is CCCC1(C)NC(=O)C(c2c(C)cc(C)cc2C)=C1O. The quantitative estimate of drug-likeness (QED) is 0.884.